The molecule has 0 radical (unpaired) electrons. The van der Waals surface area contributed by atoms with Crippen molar-refractivity contribution < 1.29 is 0 Å². The second-order valence-corrected chi connectivity index (χ2v) is 4.81. The molecule has 0 aliphatic rings. The number of nitrogens with zero attached hydrogens (tertiary/aromatic N) is 4. The standard InChI is InChI=1S/C15H17N5/c1-11(2)20(10-12-4-3-5-13(17)8-12)15-14(9-16)18-6-7-19-15/h3-8,11H,10,17H2,1-2H3. The molecule has 0 bridgehead atoms. The Morgan fingerprint density at radius 3 is 2.70 bits per heavy atom. The quantitative estimate of drug-likeness (QED) is 0.860. The highest BCUT2D eigenvalue weighted by atomic mass is 15.2. The zero-order chi connectivity index (χ0) is 14.5. The average Bonchev–Trinajstić information content (AvgIpc) is 2.44. The number of aromatic nitrogens is 2. The molecule has 5 heteroatoms. The molecule has 2 rings (SSSR count). The van der Waals surface area contributed by atoms with Crippen molar-refractivity contribution in [3.63, 3.8) is 0 Å². The molecule has 2 aromatic rings. The number of rotatable bonds is 4. The number of anilines is 2. The van der Waals surface area contributed by atoms with Gasteiger partial charge in [-0.05, 0) is 31.5 Å². The van der Waals surface area contributed by atoms with Gasteiger partial charge < -0.3 is 10.6 Å². The molecule has 0 spiro atoms. The highest BCUT2D eigenvalue weighted by Crippen LogP contribution is 2.20. The van der Waals surface area contributed by atoms with E-state index in [0.29, 0.717) is 18.1 Å². The first-order chi connectivity index (χ1) is 9.61. The number of nitrogens with two attached hydrogens (primary N) is 1. The summed E-state index contributed by atoms with van der Waals surface area (Å²) >= 11 is 0. The van der Waals surface area contributed by atoms with Gasteiger partial charge in [-0.25, -0.2) is 9.97 Å². The van der Waals surface area contributed by atoms with Gasteiger partial charge in [-0.15, -0.1) is 0 Å². The summed E-state index contributed by atoms with van der Waals surface area (Å²) in [6.45, 7) is 4.75. The van der Waals surface area contributed by atoms with Crippen LogP contribution in [0.4, 0.5) is 11.5 Å². The molecule has 0 amide bonds. The van der Waals surface area contributed by atoms with Crippen molar-refractivity contribution in [3.05, 3.63) is 47.9 Å². The maximum absolute atomic E-state index is 9.16. The summed E-state index contributed by atoms with van der Waals surface area (Å²) in [7, 11) is 0. The number of benzene rings is 1. The van der Waals surface area contributed by atoms with Crippen molar-refractivity contribution >= 4 is 11.5 Å². The second-order valence-electron chi connectivity index (χ2n) is 4.81. The van der Waals surface area contributed by atoms with Gasteiger partial charge in [0.25, 0.3) is 0 Å². The third-order valence-corrected chi connectivity index (χ3v) is 2.98. The van der Waals surface area contributed by atoms with Crippen LogP contribution in [0.2, 0.25) is 0 Å². The minimum absolute atomic E-state index is 0.195. The number of nitrogen functional groups attached to an aromatic ring is 1. The van der Waals surface area contributed by atoms with E-state index in [2.05, 4.69) is 29.9 Å². The molecule has 0 fully saturated rings. The van der Waals surface area contributed by atoms with Crippen LogP contribution in [-0.2, 0) is 6.54 Å². The van der Waals surface area contributed by atoms with Gasteiger partial charge in [0, 0.05) is 30.7 Å². The highest BCUT2D eigenvalue weighted by Gasteiger charge is 2.17. The first kappa shape index (κ1) is 13.8. The van der Waals surface area contributed by atoms with E-state index in [0.717, 1.165) is 11.3 Å². The van der Waals surface area contributed by atoms with Crippen LogP contribution in [-0.4, -0.2) is 16.0 Å². The monoisotopic (exact) mass is 267 g/mol. The molecule has 1 aromatic heterocycles. The minimum Gasteiger partial charge on any atom is -0.399 e. The van der Waals surface area contributed by atoms with Crippen LogP contribution >= 0.6 is 0 Å². The summed E-state index contributed by atoms with van der Waals surface area (Å²) < 4.78 is 0. The van der Waals surface area contributed by atoms with Gasteiger partial charge in [-0.1, -0.05) is 12.1 Å². The first-order valence-corrected chi connectivity index (χ1v) is 6.44. The van der Waals surface area contributed by atoms with Gasteiger partial charge in [-0.2, -0.15) is 5.26 Å². The lowest BCUT2D eigenvalue weighted by molar-refractivity contribution is 0.669. The Hall–Kier alpha value is -2.61. The maximum atomic E-state index is 9.16. The van der Waals surface area contributed by atoms with E-state index in [9.17, 15) is 0 Å². The third kappa shape index (κ3) is 3.04. The molecule has 2 N–H and O–H groups in total. The Labute approximate surface area is 118 Å². The predicted octanol–water partition coefficient (Wildman–Crippen LogP) is 2.35. The van der Waals surface area contributed by atoms with E-state index in [-0.39, 0.29) is 6.04 Å². The molecule has 0 unspecified atom stereocenters. The number of nitriles is 1. The summed E-state index contributed by atoms with van der Waals surface area (Å²) in [5, 5.41) is 9.16. The predicted molar refractivity (Wildman–Crippen MR) is 78.9 cm³/mol. The molecule has 0 saturated heterocycles. The van der Waals surface area contributed by atoms with E-state index in [1.807, 2.05) is 29.2 Å². The molecule has 0 aliphatic heterocycles. The van der Waals surface area contributed by atoms with Crippen LogP contribution < -0.4 is 10.6 Å². The first-order valence-electron chi connectivity index (χ1n) is 6.44. The van der Waals surface area contributed by atoms with Crippen molar-refractivity contribution in [3.8, 4) is 6.07 Å². The highest BCUT2D eigenvalue weighted by molar-refractivity contribution is 5.51. The number of hydrogen-bond acceptors (Lipinski definition) is 5. The van der Waals surface area contributed by atoms with Crippen molar-refractivity contribution in [2.45, 2.75) is 26.4 Å². The largest absolute Gasteiger partial charge is 0.399 e. The zero-order valence-corrected chi connectivity index (χ0v) is 11.6. The normalized spacial score (nSPS) is 10.3. The lowest BCUT2D eigenvalue weighted by Gasteiger charge is -2.28. The fraction of sp³-hybridized carbons (Fsp3) is 0.267. The number of hydrogen-bond donors (Lipinski definition) is 1. The zero-order valence-electron chi connectivity index (χ0n) is 11.6. The minimum atomic E-state index is 0.195. The summed E-state index contributed by atoms with van der Waals surface area (Å²) in [6, 6.07) is 9.99. The average molecular weight is 267 g/mol. The fourth-order valence-corrected chi connectivity index (χ4v) is 2.01. The third-order valence-electron chi connectivity index (χ3n) is 2.98. The molecule has 0 atom stereocenters. The van der Waals surface area contributed by atoms with Crippen LogP contribution in [0.25, 0.3) is 0 Å². The van der Waals surface area contributed by atoms with Crippen molar-refractivity contribution in [2.75, 3.05) is 10.6 Å². The van der Waals surface area contributed by atoms with Gasteiger partial charge in [-0.3, -0.25) is 0 Å². The Bertz CT molecular complexity index is 630. The Morgan fingerprint density at radius 2 is 2.05 bits per heavy atom. The molecular formula is C15H17N5. The van der Waals surface area contributed by atoms with Gasteiger partial charge in [0.15, 0.2) is 11.5 Å². The fourth-order valence-electron chi connectivity index (χ4n) is 2.01. The molecule has 0 aliphatic carbocycles. The van der Waals surface area contributed by atoms with E-state index in [1.54, 1.807) is 6.20 Å². The van der Waals surface area contributed by atoms with Gasteiger partial charge in [0.1, 0.15) is 6.07 Å². The SMILES string of the molecule is CC(C)N(Cc1cccc(N)c1)c1nccnc1C#N. The molecule has 102 valence electrons. The lowest BCUT2D eigenvalue weighted by Crippen LogP contribution is -2.31. The summed E-state index contributed by atoms with van der Waals surface area (Å²) in [6.07, 6.45) is 3.13. The molecular weight excluding hydrogens is 250 g/mol. The van der Waals surface area contributed by atoms with E-state index >= 15 is 0 Å². The molecule has 20 heavy (non-hydrogen) atoms. The van der Waals surface area contributed by atoms with Crippen LogP contribution in [0.3, 0.4) is 0 Å². The van der Waals surface area contributed by atoms with Gasteiger partial charge >= 0.3 is 0 Å². The lowest BCUT2D eigenvalue weighted by atomic mass is 10.1. The molecule has 1 aromatic carbocycles. The summed E-state index contributed by atoms with van der Waals surface area (Å²) in [5.74, 6) is 0.604. The topological polar surface area (TPSA) is 78.8 Å². The second kappa shape index (κ2) is 6.02. The van der Waals surface area contributed by atoms with Crippen LogP contribution in [0, 0.1) is 11.3 Å². The smallest absolute Gasteiger partial charge is 0.183 e. The maximum Gasteiger partial charge on any atom is 0.183 e. The Kier molecular flexibility index (Phi) is 4.16. The van der Waals surface area contributed by atoms with E-state index < -0.39 is 0 Å². The van der Waals surface area contributed by atoms with Gasteiger partial charge in [0.2, 0.25) is 0 Å². The molecule has 5 nitrogen and oxygen atoms in total. The summed E-state index contributed by atoms with van der Waals surface area (Å²) in [4.78, 5) is 10.4. The summed E-state index contributed by atoms with van der Waals surface area (Å²) in [5.41, 5.74) is 7.95. The Balaban J connectivity index is 2.35. The van der Waals surface area contributed by atoms with Crippen molar-refractivity contribution in [2.24, 2.45) is 0 Å². The molecule has 0 saturated carbocycles. The van der Waals surface area contributed by atoms with Crippen molar-refractivity contribution in [1.29, 1.82) is 5.26 Å². The van der Waals surface area contributed by atoms with Crippen LogP contribution in [0.1, 0.15) is 25.1 Å². The van der Waals surface area contributed by atoms with E-state index in [1.165, 1.54) is 6.20 Å². The van der Waals surface area contributed by atoms with Crippen LogP contribution in [0.15, 0.2) is 36.7 Å². The Morgan fingerprint density at radius 1 is 1.30 bits per heavy atom. The van der Waals surface area contributed by atoms with Crippen LogP contribution in [0.5, 0.6) is 0 Å². The van der Waals surface area contributed by atoms with Crippen molar-refractivity contribution in [1.82, 2.24) is 9.97 Å². The van der Waals surface area contributed by atoms with Gasteiger partial charge in [0.05, 0.1) is 0 Å². The molecule has 1 heterocycles. The van der Waals surface area contributed by atoms with E-state index in [4.69, 9.17) is 11.0 Å².